The quantitative estimate of drug-likeness (QED) is 0.849. The first-order valence-electron chi connectivity index (χ1n) is 7.82. The molecule has 1 aliphatic rings. The molecule has 0 amide bonds. The number of nitrogens with one attached hydrogen (secondary N) is 1. The number of hydrogen-bond donors (Lipinski definition) is 1. The summed E-state index contributed by atoms with van der Waals surface area (Å²) in [4.78, 5) is 9.01. The number of nitrogens with zero attached hydrogens (tertiary/aromatic N) is 4. The van der Waals surface area contributed by atoms with E-state index in [1.807, 2.05) is 18.3 Å². The standard InChI is InChI=1S/C17H23N5S/c1-20(2)11-12-22-16(14-8-6-10-21(14)3)15(19-17(22)23)13-7-4-5-9-18-13/h4-10,15-16H,11-12H2,1-3H3,(H,19,23). The topological polar surface area (TPSA) is 36.3 Å². The summed E-state index contributed by atoms with van der Waals surface area (Å²) in [6, 6.07) is 10.5. The average molecular weight is 329 g/mol. The van der Waals surface area contributed by atoms with Crippen LogP contribution in [0.2, 0.25) is 0 Å². The number of aromatic nitrogens is 2. The van der Waals surface area contributed by atoms with E-state index >= 15 is 0 Å². The van der Waals surface area contributed by atoms with Gasteiger partial charge in [-0.1, -0.05) is 6.07 Å². The van der Waals surface area contributed by atoms with Crippen molar-refractivity contribution in [3.05, 3.63) is 54.1 Å². The first-order chi connectivity index (χ1) is 11.1. The molecular weight excluding hydrogens is 306 g/mol. The summed E-state index contributed by atoms with van der Waals surface area (Å²) in [5.74, 6) is 0. The molecular formula is C17H23N5S. The number of hydrogen-bond acceptors (Lipinski definition) is 3. The molecule has 1 N–H and O–H groups in total. The molecule has 1 fully saturated rings. The van der Waals surface area contributed by atoms with Crippen molar-refractivity contribution in [3.8, 4) is 0 Å². The lowest BCUT2D eigenvalue weighted by Crippen LogP contribution is -2.36. The number of aryl methyl sites for hydroxylation is 1. The van der Waals surface area contributed by atoms with Crippen molar-refractivity contribution in [1.29, 1.82) is 0 Å². The van der Waals surface area contributed by atoms with Gasteiger partial charge in [0.05, 0.1) is 17.8 Å². The van der Waals surface area contributed by atoms with Crippen LogP contribution in [0.25, 0.3) is 0 Å². The highest BCUT2D eigenvalue weighted by Crippen LogP contribution is 2.38. The smallest absolute Gasteiger partial charge is 0.170 e. The highest BCUT2D eigenvalue weighted by molar-refractivity contribution is 7.80. The van der Waals surface area contributed by atoms with Gasteiger partial charge in [0.25, 0.3) is 0 Å². The van der Waals surface area contributed by atoms with Crippen LogP contribution in [0.5, 0.6) is 0 Å². The summed E-state index contributed by atoms with van der Waals surface area (Å²) in [5, 5.41) is 4.27. The summed E-state index contributed by atoms with van der Waals surface area (Å²) in [7, 11) is 6.25. The van der Waals surface area contributed by atoms with Crippen molar-refractivity contribution in [2.24, 2.45) is 7.05 Å². The number of rotatable bonds is 5. The van der Waals surface area contributed by atoms with E-state index in [2.05, 4.69) is 70.2 Å². The molecule has 3 heterocycles. The second-order valence-electron chi connectivity index (χ2n) is 6.17. The number of thiocarbonyl (C=S) groups is 1. The van der Waals surface area contributed by atoms with Crippen LogP contribution in [0.1, 0.15) is 23.5 Å². The Hall–Kier alpha value is -1.92. The molecule has 0 saturated carbocycles. The third-order valence-corrected chi connectivity index (χ3v) is 4.63. The number of pyridine rings is 1. The van der Waals surface area contributed by atoms with Crippen molar-refractivity contribution in [3.63, 3.8) is 0 Å². The van der Waals surface area contributed by atoms with Gasteiger partial charge in [0, 0.05) is 38.2 Å². The molecule has 2 unspecified atom stereocenters. The lowest BCUT2D eigenvalue weighted by atomic mass is 10.0. The molecule has 2 atom stereocenters. The predicted molar refractivity (Wildman–Crippen MR) is 96.1 cm³/mol. The Bertz CT molecular complexity index is 667. The maximum Gasteiger partial charge on any atom is 0.170 e. The fourth-order valence-corrected chi connectivity index (χ4v) is 3.39. The molecule has 23 heavy (non-hydrogen) atoms. The van der Waals surface area contributed by atoms with Crippen molar-refractivity contribution in [2.75, 3.05) is 27.2 Å². The molecule has 1 aliphatic heterocycles. The van der Waals surface area contributed by atoms with Gasteiger partial charge in [0.1, 0.15) is 0 Å². The van der Waals surface area contributed by atoms with Crippen molar-refractivity contribution in [1.82, 2.24) is 24.7 Å². The molecule has 0 spiro atoms. The van der Waals surface area contributed by atoms with Gasteiger partial charge in [-0.15, -0.1) is 0 Å². The summed E-state index contributed by atoms with van der Waals surface area (Å²) >= 11 is 5.62. The zero-order valence-corrected chi connectivity index (χ0v) is 14.6. The van der Waals surface area contributed by atoms with E-state index < -0.39 is 0 Å². The van der Waals surface area contributed by atoms with Crippen LogP contribution in [-0.4, -0.2) is 51.6 Å². The van der Waals surface area contributed by atoms with Gasteiger partial charge in [0.15, 0.2) is 5.11 Å². The summed E-state index contributed by atoms with van der Waals surface area (Å²) in [5.41, 5.74) is 2.26. The second-order valence-corrected chi connectivity index (χ2v) is 6.55. The zero-order valence-electron chi connectivity index (χ0n) is 13.8. The highest BCUT2D eigenvalue weighted by Gasteiger charge is 2.40. The molecule has 1 saturated heterocycles. The Morgan fingerprint density at radius 2 is 2.09 bits per heavy atom. The minimum absolute atomic E-state index is 0.0689. The SMILES string of the molecule is CN(C)CCN1C(=S)NC(c2ccccn2)C1c1cccn1C. The lowest BCUT2D eigenvalue weighted by molar-refractivity contribution is 0.270. The van der Waals surface area contributed by atoms with E-state index in [-0.39, 0.29) is 12.1 Å². The molecule has 2 aromatic rings. The van der Waals surface area contributed by atoms with Crippen LogP contribution < -0.4 is 5.32 Å². The minimum Gasteiger partial charge on any atom is -0.353 e. The maximum atomic E-state index is 5.62. The van der Waals surface area contributed by atoms with Gasteiger partial charge in [-0.3, -0.25) is 4.98 Å². The van der Waals surface area contributed by atoms with E-state index in [1.165, 1.54) is 5.69 Å². The predicted octanol–water partition coefficient (Wildman–Crippen LogP) is 1.95. The van der Waals surface area contributed by atoms with Crippen LogP contribution in [0.15, 0.2) is 42.7 Å². The van der Waals surface area contributed by atoms with Gasteiger partial charge in [-0.2, -0.15) is 0 Å². The average Bonchev–Trinajstić information content (AvgIpc) is 3.09. The Kier molecular flexibility index (Phi) is 4.63. The van der Waals surface area contributed by atoms with Crippen LogP contribution in [0, 0.1) is 0 Å². The molecule has 0 radical (unpaired) electrons. The molecule has 5 nitrogen and oxygen atoms in total. The Morgan fingerprint density at radius 1 is 1.26 bits per heavy atom. The van der Waals surface area contributed by atoms with E-state index in [9.17, 15) is 0 Å². The normalized spacial score (nSPS) is 21.0. The van der Waals surface area contributed by atoms with E-state index in [1.54, 1.807) is 0 Å². The molecule has 0 aromatic carbocycles. The second kappa shape index (κ2) is 6.68. The fourth-order valence-electron chi connectivity index (χ4n) is 3.06. The fraction of sp³-hybridized carbons (Fsp3) is 0.412. The molecule has 122 valence electrons. The van der Waals surface area contributed by atoms with E-state index in [0.717, 1.165) is 23.9 Å². The molecule has 6 heteroatoms. The monoisotopic (exact) mass is 329 g/mol. The summed E-state index contributed by atoms with van der Waals surface area (Å²) in [6.45, 7) is 1.84. The van der Waals surface area contributed by atoms with Gasteiger partial charge in [-0.05, 0) is 50.6 Å². The lowest BCUT2D eigenvalue weighted by Gasteiger charge is -2.29. The van der Waals surface area contributed by atoms with Crippen LogP contribution >= 0.6 is 12.2 Å². The molecule has 0 aliphatic carbocycles. The van der Waals surface area contributed by atoms with Crippen LogP contribution in [0.3, 0.4) is 0 Å². The molecule has 0 bridgehead atoms. The van der Waals surface area contributed by atoms with Crippen molar-refractivity contribution in [2.45, 2.75) is 12.1 Å². The van der Waals surface area contributed by atoms with Gasteiger partial charge >= 0.3 is 0 Å². The first-order valence-corrected chi connectivity index (χ1v) is 8.23. The van der Waals surface area contributed by atoms with Crippen LogP contribution in [-0.2, 0) is 7.05 Å². The van der Waals surface area contributed by atoms with Crippen molar-refractivity contribution >= 4 is 17.3 Å². The van der Waals surface area contributed by atoms with Gasteiger partial charge in [-0.25, -0.2) is 0 Å². The van der Waals surface area contributed by atoms with E-state index in [0.29, 0.717) is 0 Å². The molecule has 2 aromatic heterocycles. The third kappa shape index (κ3) is 3.23. The van der Waals surface area contributed by atoms with E-state index in [4.69, 9.17) is 12.2 Å². The minimum atomic E-state index is 0.0689. The zero-order chi connectivity index (χ0) is 16.4. The largest absolute Gasteiger partial charge is 0.353 e. The first kappa shape index (κ1) is 16.0. The van der Waals surface area contributed by atoms with Gasteiger partial charge in [0.2, 0.25) is 0 Å². The summed E-state index contributed by atoms with van der Waals surface area (Å²) < 4.78 is 2.17. The maximum absolute atomic E-state index is 5.62. The number of likely N-dealkylation sites (N-methyl/N-ethyl adjacent to an activating group) is 1. The Balaban J connectivity index is 1.96. The molecule has 3 rings (SSSR count). The Morgan fingerprint density at radius 3 is 2.70 bits per heavy atom. The Labute approximate surface area is 142 Å². The third-order valence-electron chi connectivity index (χ3n) is 4.27. The highest BCUT2D eigenvalue weighted by atomic mass is 32.1. The van der Waals surface area contributed by atoms with Gasteiger partial charge < -0.3 is 19.7 Å². The van der Waals surface area contributed by atoms with Crippen molar-refractivity contribution < 1.29 is 0 Å². The van der Waals surface area contributed by atoms with Crippen LogP contribution in [0.4, 0.5) is 0 Å². The summed E-state index contributed by atoms with van der Waals surface area (Å²) in [6.07, 6.45) is 3.92.